The van der Waals surface area contributed by atoms with Crippen molar-refractivity contribution in [1.82, 2.24) is 4.90 Å². The lowest BCUT2D eigenvalue weighted by Crippen LogP contribution is -2.44. The zero-order valence-corrected chi connectivity index (χ0v) is 10.4. The van der Waals surface area contributed by atoms with Crippen molar-refractivity contribution >= 4 is 17.7 Å². The Hall–Kier alpha value is -0.440. The van der Waals surface area contributed by atoms with Crippen molar-refractivity contribution in [2.45, 2.75) is 38.6 Å². The Morgan fingerprint density at radius 2 is 2.40 bits per heavy atom. The molecule has 2 nitrogen and oxygen atoms in total. The van der Waals surface area contributed by atoms with Crippen LogP contribution in [0.25, 0.3) is 0 Å². The van der Waals surface area contributed by atoms with Crippen LogP contribution in [0.4, 0.5) is 0 Å². The fraction of sp³-hybridized carbons (Fsp3) is 0.750. The molecule has 1 saturated heterocycles. The lowest BCUT2D eigenvalue weighted by molar-refractivity contribution is -0.132. The number of likely N-dealkylation sites (tertiary alicyclic amines) is 1. The summed E-state index contributed by atoms with van der Waals surface area (Å²) in [7, 11) is 0. The lowest BCUT2D eigenvalue weighted by Gasteiger charge is -2.35. The summed E-state index contributed by atoms with van der Waals surface area (Å²) >= 11 is 1.66. The van der Waals surface area contributed by atoms with Gasteiger partial charge in [0.05, 0.1) is 5.75 Å². The van der Waals surface area contributed by atoms with Gasteiger partial charge in [-0.2, -0.15) is 0 Å². The number of carbonyl (C=O) groups is 1. The first-order valence-corrected chi connectivity index (χ1v) is 6.93. The molecule has 1 heterocycles. The summed E-state index contributed by atoms with van der Waals surface area (Å²) in [6.45, 7) is 6.79. The molecule has 0 N–H and O–H groups in total. The third-order valence-corrected chi connectivity index (χ3v) is 3.80. The van der Waals surface area contributed by atoms with Crippen molar-refractivity contribution in [1.29, 1.82) is 0 Å². The first-order chi connectivity index (χ1) is 7.29. The van der Waals surface area contributed by atoms with Gasteiger partial charge < -0.3 is 4.90 Å². The molecule has 1 aliphatic heterocycles. The van der Waals surface area contributed by atoms with Crippen molar-refractivity contribution in [2.75, 3.05) is 18.1 Å². The first kappa shape index (κ1) is 12.6. The van der Waals surface area contributed by atoms with E-state index in [-0.39, 0.29) is 0 Å². The quantitative estimate of drug-likeness (QED) is 0.531. The van der Waals surface area contributed by atoms with E-state index in [2.05, 4.69) is 18.4 Å². The molecule has 15 heavy (non-hydrogen) atoms. The van der Waals surface area contributed by atoms with E-state index in [9.17, 15) is 4.79 Å². The van der Waals surface area contributed by atoms with Crippen LogP contribution in [0.3, 0.4) is 0 Å². The van der Waals surface area contributed by atoms with Crippen LogP contribution in [0, 0.1) is 0 Å². The van der Waals surface area contributed by atoms with Gasteiger partial charge in [-0.25, -0.2) is 0 Å². The van der Waals surface area contributed by atoms with Gasteiger partial charge in [0.1, 0.15) is 0 Å². The molecule has 3 heteroatoms. The molecular weight excluding hydrogens is 206 g/mol. The molecule has 1 fully saturated rings. The van der Waals surface area contributed by atoms with Crippen molar-refractivity contribution < 1.29 is 4.79 Å². The predicted molar refractivity (Wildman–Crippen MR) is 67.2 cm³/mol. The van der Waals surface area contributed by atoms with E-state index in [1.807, 2.05) is 6.08 Å². The molecule has 0 aliphatic carbocycles. The molecule has 0 bridgehead atoms. The topological polar surface area (TPSA) is 20.3 Å². The normalized spacial score (nSPS) is 21.4. The van der Waals surface area contributed by atoms with Crippen LogP contribution >= 0.6 is 11.8 Å². The predicted octanol–water partition coefficient (Wildman–Crippen LogP) is 2.70. The van der Waals surface area contributed by atoms with Gasteiger partial charge in [-0.3, -0.25) is 4.79 Å². The summed E-state index contributed by atoms with van der Waals surface area (Å²) in [5.74, 6) is 1.80. The van der Waals surface area contributed by atoms with Crippen LogP contribution in [0.1, 0.15) is 32.6 Å². The summed E-state index contributed by atoms with van der Waals surface area (Å²) in [6.07, 6.45) is 6.59. The molecular formula is C12H21NOS. The van der Waals surface area contributed by atoms with E-state index in [4.69, 9.17) is 0 Å². The van der Waals surface area contributed by atoms with Gasteiger partial charge in [0.2, 0.25) is 5.91 Å². The Morgan fingerprint density at radius 1 is 1.60 bits per heavy atom. The van der Waals surface area contributed by atoms with Gasteiger partial charge in [0.15, 0.2) is 0 Å². The minimum Gasteiger partial charge on any atom is -0.339 e. The van der Waals surface area contributed by atoms with Crippen LogP contribution in [-0.2, 0) is 4.79 Å². The van der Waals surface area contributed by atoms with Gasteiger partial charge in [-0.05, 0) is 25.7 Å². The summed E-state index contributed by atoms with van der Waals surface area (Å²) in [5.41, 5.74) is 0. The highest BCUT2D eigenvalue weighted by molar-refractivity contribution is 8.00. The van der Waals surface area contributed by atoms with E-state index >= 15 is 0 Å². The maximum atomic E-state index is 11.9. The van der Waals surface area contributed by atoms with Crippen LogP contribution in [0.15, 0.2) is 12.7 Å². The number of rotatable bonds is 5. The van der Waals surface area contributed by atoms with Gasteiger partial charge in [0.25, 0.3) is 0 Å². The van der Waals surface area contributed by atoms with E-state index in [1.165, 1.54) is 19.3 Å². The largest absolute Gasteiger partial charge is 0.339 e. The minimum atomic E-state index is 0.313. The van der Waals surface area contributed by atoms with E-state index in [0.717, 1.165) is 18.7 Å². The smallest absolute Gasteiger partial charge is 0.232 e. The molecule has 0 spiro atoms. The molecule has 0 aromatic rings. The SMILES string of the molecule is C=CCSCC(=O)N1CCCCC1CC. The van der Waals surface area contributed by atoms with E-state index in [0.29, 0.717) is 17.7 Å². The van der Waals surface area contributed by atoms with Crippen molar-refractivity contribution in [3.8, 4) is 0 Å². The Balaban J connectivity index is 2.37. The second-order valence-electron chi connectivity index (χ2n) is 3.95. The standard InChI is InChI=1S/C12H21NOS/c1-3-9-15-10-12(14)13-8-6-5-7-11(13)4-2/h3,11H,1,4-10H2,2H3. The number of carbonyl (C=O) groups excluding carboxylic acids is 1. The van der Waals surface area contributed by atoms with Crippen LogP contribution in [0.2, 0.25) is 0 Å². The second-order valence-corrected chi connectivity index (χ2v) is 4.98. The maximum absolute atomic E-state index is 11.9. The van der Waals surface area contributed by atoms with Crippen LogP contribution in [0.5, 0.6) is 0 Å². The molecule has 0 saturated carbocycles. The maximum Gasteiger partial charge on any atom is 0.232 e. The number of hydrogen-bond donors (Lipinski definition) is 0. The fourth-order valence-corrected chi connectivity index (χ4v) is 2.69. The highest BCUT2D eigenvalue weighted by Crippen LogP contribution is 2.20. The molecule has 1 atom stereocenters. The third kappa shape index (κ3) is 3.90. The molecule has 1 aliphatic rings. The Morgan fingerprint density at radius 3 is 3.07 bits per heavy atom. The molecule has 0 radical (unpaired) electrons. The fourth-order valence-electron chi connectivity index (χ4n) is 2.07. The summed E-state index contributed by atoms with van der Waals surface area (Å²) < 4.78 is 0. The molecule has 86 valence electrons. The van der Waals surface area contributed by atoms with Crippen molar-refractivity contribution in [3.63, 3.8) is 0 Å². The second kappa shape index (κ2) is 6.94. The third-order valence-electron chi connectivity index (χ3n) is 2.88. The van der Waals surface area contributed by atoms with Gasteiger partial charge in [0, 0.05) is 18.3 Å². The summed E-state index contributed by atoms with van der Waals surface area (Å²) in [4.78, 5) is 14.0. The monoisotopic (exact) mass is 227 g/mol. The van der Waals surface area contributed by atoms with Crippen LogP contribution < -0.4 is 0 Å². The molecule has 1 rings (SSSR count). The van der Waals surface area contributed by atoms with Gasteiger partial charge in [-0.1, -0.05) is 13.0 Å². The number of amides is 1. The van der Waals surface area contributed by atoms with Crippen molar-refractivity contribution in [3.05, 3.63) is 12.7 Å². The zero-order valence-electron chi connectivity index (χ0n) is 9.58. The molecule has 0 aromatic carbocycles. The van der Waals surface area contributed by atoms with E-state index < -0.39 is 0 Å². The molecule has 0 aromatic heterocycles. The summed E-state index contributed by atoms with van der Waals surface area (Å²) in [6, 6.07) is 0.496. The first-order valence-electron chi connectivity index (χ1n) is 5.77. The number of hydrogen-bond acceptors (Lipinski definition) is 2. The van der Waals surface area contributed by atoms with Gasteiger partial charge in [-0.15, -0.1) is 18.3 Å². The molecule has 1 amide bonds. The average Bonchev–Trinajstić information content (AvgIpc) is 2.29. The van der Waals surface area contributed by atoms with E-state index in [1.54, 1.807) is 11.8 Å². The minimum absolute atomic E-state index is 0.313. The average molecular weight is 227 g/mol. The number of piperidine rings is 1. The highest BCUT2D eigenvalue weighted by Gasteiger charge is 2.24. The number of thioether (sulfide) groups is 1. The Bertz CT molecular complexity index is 218. The Kier molecular flexibility index (Phi) is 5.84. The van der Waals surface area contributed by atoms with Crippen molar-refractivity contribution in [2.24, 2.45) is 0 Å². The molecule has 1 unspecified atom stereocenters. The lowest BCUT2D eigenvalue weighted by atomic mass is 10.0. The van der Waals surface area contributed by atoms with Gasteiger partial charge >= 0.3 is 0 Å². The summed E-state index contributed by atoms with van der Waals surface area (Å²) in [5, 5.41) is 0. The zero-order chi connectivity index (χ0) is 11.1. The van der Waals surface area contributed by atoms with Crippen LogP contribution in [-0.4, -0.2) is 34.9 Å². The highest BCUT2D eigenvalue weighted by atomic mass is 32.2. The Labute approximate surface area is 97.1 Å². The number of nitrogens with zero attached hydrogens (tertiary/aromatic N) is 1.